The SMILES string of the molecule is CC1(CO)CCN(c2cc(Nc3ccnc(-c4cnn(S(=O)(=O)C5CC5)c4)n3)ncc2C#Cc2cnn(C3CCOC3)c2)CC1. The molecule has 7 rings (SSSR count). The molecule has 3 fully saturated rings. The van der Waals surface area contributed by atoms with Crippen molar-refractivity contribution >= 4 is 27.3 Å². The molecule has 0 bridgehead atoms. The van der Waals surface area contributed by atoms with E-state index in [0.717, 1.165) is 59.9 Å². The first kappa shape index (κ1) is 29.4. The van der Waals surface area contributed by atoms with Gasteiger partial charge >= 0.3 is 0 Å². The lowest BCUT2D eigenvalue weighted by Crippen LogP contribution is -2.40. The van der Waals surface area contributed by atoms with E-state index in [4.69, 9.17) is 4.74 Å². The van der Waals surface area contributed by atoms with E-state index in [1.807, 2.05) is 16.9 Å². The summed E-state index contributed by atoms with van der Waals surface area (Å²) in [6.45, 7) is 5.25. The zero-order valence-electron chi connectivity index (χ0n) is 25.0. The van der Waals surface area contributed by atoms with Crippen LogP contribution in [0, 0.1) is 17.3 Å². The Morgan fingerprint density at radius 3 is 2.67 bits per heavy atom. The van der Waals surface area contributed by atoms with Gasteiger partial charge in [0.1, 0.15) is 11.6 Å². The zero-order valence-corrected chi connectivity index (χ0v) is 25.8. The lowest BCUT2D eigenvalue weighted by Gasteiger charge is -2.39. The Morgan fingerprint density at radius 2 is 1.91 bits per heavy atom. The van der Waals surface area contributed by atoms with Crippen molar-refractivity contribution in [2.24, 2.45) is 5.41 Å². The van der Waals surface area contributed by atoms with Crippen molar-refractivity contribution in [2.75, 3.05) is 43.1 Å². The summed E-state index contributed by atoms with van der Waals surface area (Å²) in [4.78, 5) is 15.9. The number of ether oxygens (including phenoxy) is 1. The average molecular weight is 630 g/mol. The van der Waals surface area contributed by atoms with Crippen LogP contribution in [0.15, 0.2) is 49.3 Å². The van der Waals surface area contributed by atoms with Crippen LogP contribution in [0.1, 0.15) is 56.2 Å². The summed E-state index contributed by atoms with van der Waals surface area (Å²) >= 11 is 0. The molecule has 2 N–H and O–H groups in total. The molecule has 1 unspecified atom stereocenters. The first-order chi connectivity index (χ1) is 21.8. The molecule has 2 saturated heterocycles. The third-order valence-corrected chi connectivity index (χ3v) is 10.8. The molecule has 234 valence electrons. The number of anilines is 3. The van der Waals surface area contributed by atoms with Crippen LogP contribution in [0.5, 0.6) is 0 Å². The Labute approximate surface area is 261 Å². The van der Waals surface area contributed by atoms with Crippen molar-refractivity contribution < 1.29 is 18.3 Å². The number of hydrogen-bond acceptors (Lipinski definition) is 11. The number of aliphatic hydroxyl groups is 1. The minimum Gasteiger partial charge on any atom is -0.396 e. The van der Waals surface area contributed by atoms with Crippen LogP contribution < -0.4 is 10.2 Å². The molecule has 1 saturated carbocycles. The summed E-state index contributed by atoms with van der Waals surface area (Å²) in [5, 5.41) is 21.4. The van der Waals surface area contributed by atoms with Gasteiger partial charge in [0, 0.05) is 51.0 Å². The topological polar surface area (TPSA) is 153 Å². The van der Waals surface area contributed by atoms with E-state index in [-0.39, 0.29) is 23.3 Å². The molecule has 4 aromatic rings. The standard InChI is InChI=1S/C31H35N9O4S/c1-31(21-41)8-11-38(12-9-31)27-14-29(33-16-23(27)3-2-22-15-34-39(18-22)25-7-13-44-20-25)36-28-6-10-32-30(37-28)24-17-35-40(19-24)45(42,43)26-4-5-26/h6,10,14-19,25-26,41H,4-5,7-9,11-13,20-21H2,1H3,(H,32,33,36,37). The number of piperidine rings is 1. The van der Waals surface area contributed by atoms with Crippen molar-refractivity contribution in [1.82, 2.24) is 33.9 Å². The van der Waals surface area contributed by atoms with Crippen LogP contribution in [0.2, 0.25) is 0 Å². The fourth-order valence-electron chi connectivity index (χ4n) is 5.57. The van der Waals surface area contributed by atoms with Crippen LogP contribution in [0.4, 0.5) is 17.3 Å². The molecular weight excluding hydrogens is 594 g/mol. The molecule has 4 aromatic heterocycles. The van der Waals surface area contributed by atoms with Gasteiger partial charge in [0.05, 0.1) is 58.9 Å². The predicted molar refractivity (Wildman–Crippen MR) is 167 cm³/mol. The van der Waals surface area contributed by atoms with Crippen LogP contribution in [-0.4, -0.2) is 85.6 Å². The monoisotopic (exact) mass is 629 g/mol. The van der Waals surface area contributed by atoms with E-state index < -0.39 is 10.0 Å². The lowest BCUT2D eigenvalue weighted by molar-refractivity contribution is 0.115. The molecule has 0 aromatic carbocycles. The largest absolute Gasteiger partial charge is 0.396 e. The van der Waals surface area contributed by atoms with E-state index in [0.29, 0.717) is 42.5 Å². The molecule has 0 amide bonds. The number of nitrogens with one attached hydrogen (secondary N) is 1. The van der Waals surface area contributed by atoms with Gasteiger partial charge in [-0.05, 0) is 43.6 Å². The predicted octanol–water partition coefficient (Wildman–Crippen LogP) is 2.98. The van der Waals surface area contributed by atoms with Gasteiger partial charge in [-0.1, -0.05) is 18.8 Å². The first-order valence-electron chi connectivity index (χ1n) is 15.2. The quantitative estimate of drug-likeness (QED) is 0.277. The number of rotatable bonds is 8. The summed E-state index contributed by atoms with van der Waals surface area (Å²) in [5.41, 5.74) is 2.96. The molecule has 0 radical (unpaired) electrons. The molecule has 45 heavy (non-hydrogen) atoms. The van der Waals surface area contributed by atoms with Gasteiger partial charge in [0.2, 0.25) is 0 Å². The van der Waals surface area contributed by atoms with Gasteiger partial charge in [-0.25, -0.2) is 23.4 Å². The zero-order chi connectivity index (χ0) is 31.0. The third-order valence-electron chi connectivity index (χ3n) is 8.73. The Kier molecular flexibility index (Phi) is 7.76. The maximum atomic E-state index is 12.6. The van der Waals surface area contributed by atoms with E-state index >= 15 is 0 Å². The van der Waals surface area contributed by atoms with E-state index in [9.17, 15) is 13.5 Å². The van der Waals surface area contributed by atoms with E-state index in [1.165, 1.54) is 12.4 Å². The smallest absolute Gasteiger partial charge is 0.256 e. The highest BCUT2D eigenvalue weighted by Crippen LogP contribution is 2.35. The Balaban J connectivity index is 1.14. The summed E-state index contributed by atoms with van der Waals surface area (Å²) in [5.74, 6) is 8.01. The molecule has 6 heterocycles. The van der Waals surface area contributed by atoms with Crippen LogP contribution >= 0.6 is 0 Å². The molecule has 14 heteroatoms. The van der Waals surface area contributed by atoms with Crippen molar-refractivity contribution in [2.45, 2.75) is 50.3 Å². The molecule has 13 nitrogen and oxygen atoms in total. The van der Waals surface area contributed by atoms with Gasteiger partial charge < -0.3 is 20.1 Å². The Morgan fingerprint density at radius 1 is 1.07 bits per heavy atom. The number of pyridine rings is 1. The fraction of sp³-hybridized carbons (Fsp3) is 0.452. The first-order valence-corrected chi connectivity index (χ1v) is 16.7. The van der Waals surface area contributed by atoms with E-state index in [2.05, 4.69) is 54.1 Å². The Bertz CT molecular complexity index is 1860. The maximum Gasteiger partial charge on any atom is 0.256 e. The normalized spacial score (nSPS) is 19.7. The molecular formula is C31H35N9O4S. The third kappa shape index (κ3) is 6.28. The average Bonchev–Trinajstić information content (AvgIpc) is 3.40. The minimum absolute atomic E-state index is 0.0991. The summed E-state index contributed by atoms with van der Waals surface area (Å²) in [6.07, 6.45) is 14.0. The molecule has 2 aliphatic heterocycles. The lowest BCUT2D eigenvalue weighted by atomic mass is 9.81. The van der Waals surface area contributed by atoms with Crippen LogP contribution in [-0.2, 0) is 14.8 Å². The van der Waals surface area contributed by atoms with Gasteiger partial charge in [-0.2, -0.15) is 14.3 Å². The highest BCUT2D eigenvalue weighted by molar-refractivity contribution is 7.90. The number of nitrogens with zero attached hydrogens (tertiary/aromatic N) is 8. The second kappa shape index (κ2) is 11.9. The Hall–Kier alpha value is -4.32. The van der Waals surface area contributed by atoms with Gasteiger partial charge in [-0.3, -0.25) is 4.68 Å². The second-order valence-electron chi connectivity index (χ2n) is 12.3. The highest BCUT2D eigenvalue weighted by Gasteiger charge is 2.37. The van der Waals surface area contributed by atoms with Crippen LogP contribution in [0.3, 0.4) is 0 Å². The molecule has 1 atom stereocenters. The van der Waals surface area contributed by atoms with Gasteiger partial charge in [0.15, 0.2) is 5.82 Å². The highest BCUT2D eigenvalue weighted by atomic mass is 32.2. The van der Waals surface area contributed by atoms with Crippen molar-refractivity contribution in [1.29, 1.82) is 0 Å². The van der Waals surface area contributed by atoms with Crippen molar-refractivity contribution in [3.05, 3.63) is 60.4 Å². The number of hydrogen-bond donors (Lipinski definition) is 2. The van der Waals surface area contributed by atoms with Crippen molar-refractivity contribution in [3.63, 3.8) is 0 Å². The molecule has 1 aliphatic carbocycles. The second-order valence-corrected chi connectivity index (χ2v) is 14.3. The summed E-state index contributed by atoms with van der Waals surface area (Å²) in [6, 6.07) is 3.93. The molecule has 3 aliphatic rings. The fourth-order valence-corrected chi connectivity index (χ4v) is 7.04. The van der Waals surface area contributed by atoms with Gasteiger partial charge in [-0.15, -0.1) is 0 Å². The summed E-state index contributed by atoms with van der Waals surface area (Å²) < 4.78 is 33.6. The number of aliphatic hydroxyl groups excluding tert-OH is 1. The van der Waals surface area contributed by atoms with Gasteiger partial charge in [0.25, 0.3) is 10.0 Å². The minimum atomic E-state index is -3.48. The van der Waals surface area contributed by atoms with Crippen LogP contribution in [0.25, 0.3) is 11.4 Å². The van der Waals surface area contributed by atoms with Crippen molar-refractivity contribution in [3.8, 4) is 23.2 Å². The van der Waals surface area contributed by atoms with E-state index in [1.54, 1.807) is 24.7 Å². The number of aromatic nitrogens is 7. The molecule has 0 spiro atoms. The summed E-state index contributed by atoms with van der Waals surface area (Å²) in [7, 11) is -3.48. The maximum absolute atomic E-state index is 12.6.